The van der Waals surface area contributed by atoms with Crippen molar-refractivity contribution in [3.05, 3.63) is 29.3 Å². The van der Waals surface area contributed by atoms with Crippen molar-refractivity contribution < 1.29 is 9.53 Å². The highest BCUT2D eigenvalue weighted by Gasteiger charge is 2.23. The molecule has 0 spiro atoms. The van der Waals surface area contributed by atoms with Gasteiger partial charge in [0, 0.05) is 18.7 Å². The molecule has 1 aliphatic heterocycles. The number of carbonyl (C=O) groups excluding carboxylic acids is 1. The fourth-order valence-corrected chi connectivity index (χ4v) is 2.30. The highest BCUT2D eigenvalue weighted by Crippen LogP contribution is 2.23. The molecule has 1 aromatic carbocycles. The molecule has 1 amide bonds. The second kappa shape index (κ2) is 5.87. The third-order valence-electron chi connectivity index (χ3n) is 3.34. The number of benzene rings is 1. The van der Waals surface area contributed by atoms with Crippen molar-refractivity contribution in [2.75, 3.05) is 33.8 Å². The van der Waals surface area contributed by atoms with Crippen LogP contribution in [0.2, 0.25) is 0 Å². The van der Waals surface area contributed by atoms with E-state index in [4.69, 9.17) is 4.74 Å². The molecule has 2 rings (SSSR count). The first-order valence-corrected chi connectivity index (χ1v) is 6.37. The van der Waals surface area contributed by atoms with Gasteiger partial charge >= 0.3 is 0 Å². The molecule has 98 valence electrons. The monoisotopic (exact) mass is 248 g/mol. The standard InChI is InChI=1S/C14H20N2O2/c1-15-7-3-8-16-9-6-11-10-12(18-2)4-5-13(11)14(16)17/h4-5,10,15H,3,6-9H2,1-2H3. The molecule has 1 heterocycles. The van der Waals surface area contributed by atoms with Crippen molar-refractivity contribution in [2.24, 2.45) is 0 Å². The van der Waals surface area contributed by atoms with Crippen LogP contribution in [-0.2, 0) is 6.42 Å². The largest absolute Gasteiger partial charge is 0.497 e. The molecular formula is C14H20N2O2. The Morgan fingerprint density at radius 3 is 3.00 bits per heavy atom. The zero-order valence-electron chi connectivity index (χ0n) is 11.0. The van der Waals surface area contributed by atoms with E-state index < -0.39 is 0 Å². The van der Waals surface area contributed by atoms with E-state index in [1.807, 2.05) is 30.1 Å². The van der Waals surface area contributed by atoms with Crippen LogP contribution in [0.1, 0.15) is 22.3 Å². The summed E-state index contributed by atoms with van der Waals surface area (Å²) in [4.78, 5) is 14.2. The topological polar surface area (TPSA) is 41.6 Å². The first kappa shape index (κ1) is 12.9. The van der Waals surface area contributed by atoms with Gasteiger partial charge in [-0.1, -0.05) is 0 Å². The average molecular weight is 248 g/mol. The smallest absolute Gasteiger partial charge is 0.254 e. The quantitative estimate of drug-likeness (QED) is 0.799. The number of amides is 1. The molecule has 0 atom stereocenters. The molecule has 0 radical (unpaired) electrons. The van der Waals surface area contributed by atoms with Crippen LogP contribution in [0.15, 0.2) is 18.2 Å². The van der Waals surface area contributed by atoms with Crippen molar-refractivity contribution in [1.29, 1.82) is 0 Å². The number of fused-ring (bicyclic) bond motifs is 1. The molecule has 4 heteroatoms. The highest BCUT2D eigenvalue weighted by molar-refractivity contribution is 5.96. The van der Waals surface area contributed by atoms with Crippen LogP contribution in [0.5, 0.6) is 5.75 Å². The lowest BCUT2D eigenvalue weighted by atomic mass is 9.98. The average Bonchev–Trinajstić information content (AvgIpc) is 2.41. The van der Waals surface area contributed by atoms with Crippen LogP contribution in [0.4, 0.5) is 0 Å². The minimum absolute atomic E-state index is 0.148. The molecule has 0 aliphatic carbocycles. The van der Waals surface area contributed by atoms with Crippen LogP contribution in [0.25, 0.3) is 0 Å². The number of ether oxygens (including phenoxy) is 1. The maximum atomic E-state index is 12.3. The van der Waals surface area contributed by atoms with Gasteiger partial charge in [-0.25, -0.2) is 0 Å². The van der Waals surface area contributed by atoms with Crippen molar-refractivity contribution in [3.63, 3.8) is 0 Å². The molecule has 0 aromatic heterocycles. The summed E-state index contributed by atoms with van der Waals surface area (Å²) in [6, 6.07) is 5.70. The number of rotatable bonds is 5. The Kier molecular flexibility index (Phi) is 4.20. The Labute approximate surface area is 108 Å². The lowest BCUT2D eigenvalue weighted by molar-refractivity contribution is 0.0738. The Balaban J connectivity index is 2.08. The van der Waals surface area contributed by atoms with E-state index in [-0.39, 0.29) is 5.91 Å². The maximum Gasteiger partial charge on any atom is 0.254 e. The Bertz CT molecular complexity index is 432. The van der Waals surface area contributed by atoms with Gasteiger partial charge in [-0.3, -0.25) is 4.79 Å². The first-order chi connectivity index (χ1) is 8.76. The van der Waals surface area contributed by atoms with Crippen molar-refractivity contribution >= 4 is 5.91 Å². The van der Waals surface area contributed by atoms with Gasteiger partial charge in [0.2, 0.25) is 0 Å². The van der Waals surface area contributed by atoms with Crippen LogP contribution < -0.4 is 10.1 Å². The van der Waals surface area contributed by atoms with E-state index in [1.165, 1.54) is 0 Å². The molecule has 18 heavy (non-hydrogen) atoms. The lowest BCUT2D eigenvalue weighted by Gasteiger charge is -2.28. The van der Waals surface area contributed by atoms with E-state index in [1.54, 1.807) is 7.11 Å². The van der Waals surface area contributed by atoms with Crippen LogP contribution >= 0.6 is 0 Å². The Hall–Kier alpha value is -1.55. The summed E-state index contributed by atoms with van der Waals surface area (Å²) in [5.41, 5.74) is 1.93. The predicted octanol–water partition coefficient (Wildman–Crippen LogP) is 1.30. The fourth-order valence-electron chi connectivity index (χ4n) is 2.30. The Morgan fingerprint density at radius 1 is 1.44 bits per heavy atom. The van der Waals surface area contributed by atoms with Gasteiger partial charge in [0.05, 0.1) is 7.11 Å². The molecule has 0 saturated heterocycles. The van der Waals surface area contributed by atoms with Crippen LogP contribution in [-0.4, -0.2) is 44.6 Å². The minimum Gasteiger partial charge on any atom is -0.497 e. The number of carbonyl (C=O) groups is 1. The third kappa shape index (κ3) is 2.64. The van der Waals surface area contributed by atoms with Gasteiger partial charge in [-0.05, 0) is 50.2 Å². The van der Waals surface area contributed by atoms with Gasteiger partial charge in [0.15, 0.2) is 0 Å². The van der Waals surface area contributed by atoms with Crippen LogP contribution in [0.3, 0.4) is 0 Å². The summed E-state index contributed by atoms with van der Waals surface area (Å²) in [5, 5.41) is 3.10. The van der Waals surface area contributed by atoms with Gasteiger partial charge in [-0.15, -0.1) is 0 Å². The third-order valence-corrected chi connectivity index (χ3v) is 3.34. The second-order valence-corrected chi connectivity index (χ2v) is 4.52. The zero-order valence-corrected chi connectivity index (χ0v) is 11.0. The second-order valence-electron chi connectivity index (χ2n) is 4.52. The summed E-state index contributed by atoms with van der Waals surface area (Å²) >= 11 is 0. The zero-order chi connectivity index (χ0) is 13.0. The highest BCUT2D eigenvalue weighted by atomic mass is 16.5. The van der Waals surface area contributed by atoms with Crippen LogP contribution in [0, 0.1) is 0 Å². The van der Waals surface area contributed by atoms with E-state index in [2.05, 4.69) is 5.32 Å². The molecule has 0 unspecified atom stereocenters. The Morgan fingerprint density at radius 2 is 2.28 bits per heavy atom. The molecule has 0 fully saturated rings. The number of hydrogen-bond acceptors (Lipinski definition) is 3. The number of hydrogen-bond donors (Lipinski definition) is 1. The van der Waals surface area contributed by atoms with Gasteiger partial charge in [0.1, 0.15) is 5.75 Å². The summed E-state index contributed by atoms with van der Waals surface area (Å²) in [6.45, 7) is 2.58. The maximum absolute atomic E-state index is 12.3. The number of nitrogens with one attached hydrogen (secondary N) is 1. The number of methoxy groups -OCH3 is 1. The summed E-state index contributed by atoms with van der Waals surface area (Å²) in [6.07, 6.45) is 1.91. The van der Waals surface area contributed by atoms with Gasteiger partial charge in [0.25, 0.3) is 5.91 Å². The van der Waals surface area contributed by atoms with E-state index in [0.717, 1.165) is 49.4 Å². The lowest BCUT2D eigenvalue weighted by Crippen LogP contribution is -2.38. The molecule has 0 saturated carbocycles. The summed E-state index contributed by atoms with van der Waals surface area (Å²) < 4.78 is 5.19. The van der Waals surface area contributed by atoms with Gasteiger partial charge in [-0.2, -0.15) is 0 Å². The number of nitrogens with zero attached hydrogens (tertiary/aromatic N) is 1. The fraction of sp³-hybridized carbons (Fsp3) is 0.500. The van der Waals surface area contributed by atoms with Crippen molar-refractivity contribution in [3.8, 4) is 5.75 Å². The molecule has 4 nitrogen and oxygen atoms in total. The molecular weight excluding hydrogens is 228 g/mol. The first-order valence-electron chi connectivity index (χ1n) is 6.37. The SMILES string of the molecule is CNCCCN1CCc2cc(OC)ccc2C1=O. The van der Waals surface area contributed by atoms with E-state index in [9.17, 15) is 4.79 Å². The molecule has 1 aliphatic rings. The minimum atomic E-state index is 0.148. The summed E-state index contributed by atoms with van der Waals surface area (Å²) in [5.74, 6) is 0.972. The summed E-state index contributed by atoms with van der Waals surface area (Å²) in [7, 11) is 3.58. The van der Waals surface area contributed by atoms with Gasteiger partial charge < -0.3 is 15.0 Å². The van der Waals surface area contributed by atoms with Crippen molar-refractivity contribution in [1.82, 2.24) is 10.2 Å². The predicted molar refractivity (Wildman–Crippen MR) is 71.1 cm³/mol. The van der Waals surface area contributed by atoms with E-state index >= 15 is 0 Å². The van der Waals surface area contributed by atoms with E-state index in [0.29, 0.717) is 0 Å². The molecule has 1 aromatic rings. The molecule has 1 N–H and O–H groups in total. The normalized spacial score (nSPS) is 14.6. The van der Waals surface area contributed by atoms with Crippen molar-refractivity contribution in [2.45, 2.75) is 12.8 Å². The molecule has 0 bridgehead atoms.